The van der Waals surface area contributed by atoms with E-state index in [-0.39, 0.29) is 23.4 Å². The van der Waals surface area contributed by atoms with Crippen molar-refractivity contribution in [3.63, 3.8) is 0 Å². The number of ketones is 1. The zero-order valence-corrected chi connectivity index (χ0v) is 14.4. The van der Waals surface area contributed by atoms with Gasteiger partial charge in [-0.05, 0) is 42.0 Å². The summed E-state index contributed by atoms with van der Waals surface area (Å²) in [6.07, 6.45) is 0. The van der Waals surface area contributed by atoms with Crippen LogP contribution < -0.4 is 0 Å². The number of β-amino-alcohol motifs (C(OH)–C–C–N with tert-alkyl or cyclic N) is 1. The van der Waals surface area contributed by atoms with Gasteiger partial charge in [-0.3, -0.25) is 19.7 Å². The van der Waals surface area contributed by atoms with E-state index in [2.05, 4.69) is 0 Å². The van der Waals surface area contributed by atoms with Gasteiger partial charge in [-0.25, -0.2) is 4.39 Å². The van der Waals surface area contributed by atoms with Crippen LogP contribution in [0.3, 0.4) is 0 Å². The number of hydrogen-bond acceptors (Lipinski definition) is 6. The van der Waals surface area contributed by atoms with Crippen molar-refractivity contribution in [2.45, 2.75) is 6.04 Å². The Labute approximate surface area is 158 Å². The van der Waals surface area contributed by atoms with Gasteiger partial charge >= 0.3 is 0 Å². The first-order valence-corrected chi connectivity index (χ1v) is 8.24. The first kappa shape index (κ1) is 19.2. The number of hydrogen-bond donors (Lipinski definition) is 2. The lowest BCUT2D eigenvalue weighted by molar-refractivity contribution is -0.384. The summed E-state index contributed by atoms with van der Waals surface area (Å²) >= 11 is 0. The molecule has 0 radical (unpaired) electrons. The van der Waals surface area contributed by atoms with Gasteiger partial charge in [0.1, 0.15) is 11.6 Å². The van der Waals surface area contributed by atoms with Crippen molar-refractivity contribution in [3.8, 4) is 0 Å². The highest BCUT2D eigenvalue weighted by atomic mass is 19.1. The molecule has 1 fully saturated rings. The lowest BCUT2D eigenvalue weighted by Crippen LogP contribution is -2.32. The maximum absolute atomic E-state index is 13.2. The predicted octanol–water partition coefficient (Wildman–Crippen LogP) is 2.15. The van der Waals surface area contributed by atoms with E-state index in [9.17, 15) is 34.3 Å². The molecule has 0 saturated carbocycles. The normalized spacial score (nSPS) is 18.5. The number of carbonyl (C=O) groups is 2. The minimum Gasteiger partial charge on any atom is -0.507 e. The topological polar surface area (TPSA) is 121 Å². The lowest BCUT2D eigenvalue weighted by atomic mass is 9.95. The van der Waals surface area contributed by atoms with E-state index in [4.69, 9.17) is 0 Å². The molecule has 0 spiro atoms. The fraction of sp³-hybridized carbons (Fsp3) is 0.158. The van der Waals surface area contributed by atoms with E-state index in [1.165, 1.54) is 36.4 Å². The van der Waals surface area contributed by atoms with Crippen LogP contribution in [-0.2, 0) is 9.59 Å². The van der Waals surface area contributed by atoms with E-state index in [0.717, 1.165) is 17.0 Å². The van der Waals surface area contributed by atoms with Crippen molar-refractivity contribution in [3.05, 3.63) is 81.2 Å². The molecule has 1 amide bonds. The molecule has 1 unspecified atom stereocenters. The number of amides is 1. The van der Waals surface area contributed by atoms with Crippen LogP contribution in [0, 0.1) is 15.9 Å². The molecule has 144 valence electrons. The van der Waals surface area contributed by atoms with Gasteiger partial charge in [0.25, 0.3) is 17.4 Å². The molecule has 1 saturated heterocycles. The maximum Gasteiger partial charge on any atom is 0.295 e. The quantitative estimate of drug-likeness (QED) is 0.267. The lowest BCUT2D eigenvalue weighted by Gasteiger charge is -2.24. The Hall–Kier alpha value is -3.59. The Morgan fingerprint density at radius 1 is 1.11 bits per heavy atom. The fourth-order valence-corrected chi connectivity index (χ4v) is 3.11. The van der Waals surface area contributed by atoms with Crippen molar-refractivity contribution in [2.24, 2.45) is 0 Å². The Morgan fingerprint density at radius 2 is 1.71 bits per heavy atom. The molecular weight excluding hydrogens is 371 g/mol. The number of benzene rings is 2. The molecule has 1 heterocycles. The molecule has 3 rings (SSSR count). The molecule has 1 atom stereocenters. The standard InChI is InChI=1S/C19H15FN2O6/c20-13-5-1-12(2-6-13)17(24)15-16(21(9-10-23)19(26)18(15)25)11-3-7-14(8-4-11)22(27)28/h1-8,16,23-24H,9-10H2/b17-15-. The summed E-state index contributed by atoms with van der Waals surface area (Å²) in [7, 11) is 0. The van der Waals surface area contributed by atoms with Crippen molar-refractivity contribution >= 4 is 23.1 Å². The molecule has 1 aliphatic rings. The monoisotopic (exact) mass is 386 g/mol. The van der Waals surface area contributed by atoms with Gasteiger partial charge in [-0.2, -0.15) is 0 Å². The fourth-order valence-electron chi connectivity index (χ4n) is 3.11. The molecule has 0 aliphatic carbocycles. The molecule has 0 aromatic heterocycles. The van der Waals surface area contributed by atoms with Crippen LogP contribution >= 0.6 is 0 Å². The van der Waals surface area contributed by atoms with Crippen LogP contribution in [0.2, 0.25) is 0 Å². The van der Waals surface area contributed by atoms with Gasteiger partial charge < -0.3 is 15.1 Å². The van der Waals surface area contributed by atoms with Gasteiger partial charge in [0.05, 0.1) is 23.1 Å². The number of non-ortho nitro benzene ring substituents is 1. The first-order chi connectivity index (χ1) is 13.3. The summed E-state index contributed by atoms with van der Waals surface area (Å²) < 4.78 is 13.2. The average Bonchev–Trinajstić information content (AvgIpc) is 2.93. The number of Topliss-reactive ketones (excluding diaryl/α,β-unsaturated/α-hetero) is 1. The number of nitrogens with zero attached hydrogens (tertiary/aromatic N) is 2. The number of rotatable bonds is 5. The number of aliphatic hydroxyl groups excluding tert-OH is 2. The van der Waals surface area contributed by atoms with Crippen LogP contribution in [-0.4, -0.2) is 44.9 Å². The second kappa shape index (κ2) is 7.57. The minimum atomic E-state index is -1.04. The summed E-state index contributed by atoms with van der Waals surface area (Å²) in [6.45, 7) is -0.598. The Bertz CT molecular complexity index is 969. The highest BCUT2D eigenvalue weighted by molar-refractivity contribution is 6.46. The highest BCUT2D eigenvalue weighted by Gasteiger charge is 2.45. The first-order valence-electron chi connectivity index (χ1n) is 8.24. The van der Waals surface area contributed by atoms with Crippen LogP contribution in [0.1, 0.15) is 17.2 Å². The number of likely N-dealkylation sites (tertiary alicyclic amines) is 1. The summed E-state index contributed by atoms with van der Waals surface area (Å²) in [5.74, 6) is -2.91. The minimum absolute atomic E-state index is 0.135. The molecule has 2 aromatic rings. The van der Waals surface area contributed by atoms with Gasteiger partial charge in [0.2, 0.25) is 0 Å². The zero-order valence-electron chi connectivity index (χ0n) is 14.4. The molecule has 0 bridgehead atoms. The van der Waals surface area contributed by atoms with E-state index in [1.54, 1.807) is 0 Å². The van der Waals surface area contributed by atoms with Crippen LogP contribution in [0.25, 0.3) is 5.76 Å². The molecule has 28 heavy (non-hydrogen) atoms. The Kier molecular flexibility index (Phi) is 5.18. The molecule has 1 aliphatic heterocycles. The van der Waals surface area contributed by atoms with E-state index < -0.39 is 40.8 Å². The maximum atomic E-state index is 13.2. The highest BCUT2D eigenvalue weighted by Crippen LogP contribution is 2.39. The summed E-state index contributed by atoms with van der Waals surface area (Å²) in [5.41, 5.74) is 0.0672. The van der Waals surface area contributed by atoms with Crippen LogP contribution in [0.15, 0.2) is 54.1 Å². The SMILES string of the molecule is O=C1C(=O)N(CCO)C(c2ccc([N+](=O)[O-])cc2)/C1=C(/O)c1ccc(F)cc1. The van der Waals surface area contributed by atoms with Crippen LogP contribution in [0.5, 0.6) is 0 Å². The average molecular weight is 386 g/mol. The smallest absolute Gasteiger partial charge is 0.295 e. The molecule has 2 N–H and O–H groups in total. The summed E-state index contributed by atoms with van der Waals surface area (Å²) in [6, 6.07) is 8.85. The molecule has 9 heteroatoms. The number of aliphatic hydroxyl groups is 2. The van der Waals surface area contributed by atoms with Gasteiger partial charge in [0, 0.05) is 24.2 Å². The third kappa shape index (κ3) is 3.35. The van der Waals surface area contributed by atoms with Crippen molar-refractivity contribution in [1.29, 1.82) is 0 Å². The molecule has 2 aromatic carbocycles. The largest absolute Gasteiger partial charge is 0.507 e. The van der Waals surface area contributed by atoms with Gasteiger partial charge in [0.15, 0.2) is 0 Å². The van der Waals surface area contributed by atoms with Crippen LogP contribution in [0.4, 0.5) is 10.1 Å². The number of nitro benzene ring substituents is 1. The van der Waals surface area contributed by atoms with Crippen molar-refractivity contribution in [2.75, 3.05) is 13.2 Å². The summed E-state index contributed by atoms with van der Waals surface area (Å²) in [5, 5.41) is 30.8. The second-order valence-electron chi connectivity index (χ2n) is 6.07. The van der Waals surface area contributed by atoms with Crippen molar-refractivity contribution in [1.82, 2.24) is 4.90 Å². The number of nitro groups is 1. The van der Waals surface area contributed by atoms with Gasteiger partial charge in [-0.1, -0.05) is 0 Å². The van der Waals surface area contributed by atoms with Crippen molar-refractivity contribution < 1.29 is 29.1 Å². The van der Waals surface area contributed by atoms with Gasteiger partial charge in [-0.15, -0.1) is 0 Å². The number of carbonyl (C=O) groups excluding carboxylic acids is 2. The zero-order chi connectivity index (χ0) is 20.4. The molecular formula is C19H15FN2O6. The van der Waals surface area contributed by atoms with E-state index in [1.807, 2.05) is 0 Å². The molecule has 8 nitrogen and oxygen atoms in total. The Balaban J connectivity index is 2.15. The third-order valence-electron chi connectivity index (χ3n) is 4.42. The van der Waals surface area contributed by atoms with E-state index in [0.29, 0.717) is 5.56 Å². The number of halogens is 1. The predicted molar refractivity (Wildman–Crippen MR) is 95.6 cm³/mol. The van der Waals surface area contributed by atoms with E-state index >= 15 is 0 Å². The Morgan fingerprint density at radius 3 is 2.25 bits per heavy atom. The summed E-state index contributed by atoms with van der Waals surface area (Å²) in [4.78, 5) is 36.3. The third-order valence-corrected chi connectivity index (χ3v) is 4.42. The second-order valence-corrected chi connectivity index (χ2v) is 6.07.